The number of benzene rings is 2. The molecule has 2 heterocycles. The lowest BCUT2D eigenvalue weighted by atomic mass is 10.2. The van der Waals surface area contributed by atoms with Crippen molar-refractivity contribution in [3.8, 4) is 0 Å². The van der Waals surface area contributed by atoms with Crippen molar-refractivity contribution in [3.05, 3.63) is 71.0 Å². The lowest BCUT2D eigenvalue weighted by molar-refractivity contribution is 0.0526. The van der Waals surface area contributed by atoms with Gasteiger partial charge in [-0.3, -0.25) is 4.79 Å². The fourth-order valence-corrected chi connectivity index (χ4v) is 6.57. The van der Waals surface area contributed by atoms with E-state index in [0.29, 0.717) is 30.0 Å². The van der Waals surface area contributed by atoms with Crippen LogP contribution in [-0.4, -0.2) is 48.9 Å². The lowest BCUT2D eigenvalue weighted by Crippen LogP contribution is -2.35. The predicted octanol–water partition coefficient (Wildman–Crippen LogP) is 3.98. The van der Waals surface area contributed by atoms with E-state index in [1.807, 2.05) is 4.57 Å². The van der Waals surface area contributed by atoms with Crippen molar-refractivity contribution in [1.29, 1.82) is 0 Å². The summed E-state index contributed by atoms with van der Waals surface area (Å²) in [6.07, 6.45) is 4.45. The zero-order valence-electron chi connectivity index (χ0n) is 19.5. The molecule has 1 aromatic heterocycles. The van der Waals surface area contributed by atoms with E-state index < -0.39 is 21.9 Å². The summed E-state index contributed by atoms with van der Waals surface area (Å²) in [5.41, 5.74) is 1.53. The maximum absolute atomic E-state index is 12.9. The third-order valence-electron chi connectivity index (χ3n) is 5.76. The second kappa shape index (κ2) is 10.7. The van der Waals surface area contributed by atoms with Gasteiger partial charge in [0.1, 0.15) is 0 Å². The van der Waals surface area contributed by atoms with Crippen molar-refractivity contribution >= 4 is 43.5 Å². The maximum Gasteiger partial charge on any atom is 0.338 e. The second-order valence-electron chi connectivity index (χ2n) is 8.09. The van der Waals surface area contributed by atoms with Crippen LogP contribution in [0.1, 0.15) is 46.9 Å². The van der Waals surface area contributed by atoms with Gasteiger partial charge in [0.05, 0.1) is 27.3 Å². The smallest absolute Gasteiger partial charge is 0.338 e. The minimum atomic E-state index is -3.57. The largest absolute Gasteiger partial charge is 0.462 e. The second-order valence-corrected chi connectivity index (χ2v) is 11.0. The third-order valence-corrected chi connectivity index (χ3v) is 8.71. The zero-order chi connectivity index (χ0) is 25.0. The van der Waals surface area contributed by atoms with E-state index in [9.17, 15) is 18.0 Å². The topological polar surface area (TPSA) is 98.0 Å². The molecule has 0 radical (unpaired) electrons. The van der Waals surface area contributed by atoms with E-state index in [4.69, 9.17) is 4.74 Å². The van der Waals surface area contributed by atoms with Gasteiger partial charge in [-0.25, -0.2) is 13.2 Å². The third kappa shape index (κ3) is 5.29. The molecule has 4 rings (SSSR count). The molecule has 35 heavy (non-hydrogen) atoms. The number of nitrogens with zero attached hydrogens (tertiary/aromatic N) is 3. The van der Waals surface area contributed by atoms with Gasteiger partial charge in [0.25, 0.3) is 5.91 Å². The van der Waals surface area contributed by atoms with Crippen LogP contribution in [0.3, 0.4) is 0 Å². The number of sulfonamides is 1. The number of carbonyl (C=O) groups excluding carboxylic acids is 2. The fourth-order valence-electron chi connectivity index (χ4n) is 3.98. The Hall–Kier alpha value is -3.08. The minimum Gasteiger partial charge on any atom is -0.462 e. The number of hydrogen-bond acceptors (Lipinski definition) is 6. The molecule has 1 fully saturated rings. The Morgan fingerprint density at radius 3 is 2.43 bits per heavy atom. The highest BCUT2D eigenvalue weighted by Gasteiger charge is 2.26. The van der Waals surface area contributed by atoms with Crippen LogP contribution in [0.25, 0.3) is 10.2 Å². The van der Waals surface area contributed by atoms with Crippen LogP contribution in [0, 0.1) is 0 Å². The zero-order valence-corrected chi connectivity index (χ0v) is 21.1. The summed E-state index contributed by atoms with van der Waals surface area (Å²) in [4.78, 5) is 30.0. The van der Waals surface area contributed by atoms with Gasteiger partial charge in [-0.15, -0.1) is 6.58 Å². The van der Waals surface area contributed by atoms with Gasteiger partial charge >= 0.3 is 5.97 Å². The molecule has 1 amide bonds. The molecule has 184 valence electrons. The van der Waals surface area contributed by atoms with E-state index in [1.165, 1.54) is 39.9 Å². The van der Waals surface area contributed by atoms with Crippen LogP contribution in [0.4, 0.5) is 0 Å². The number of allylic oxidation sites excluding steroid dienone is 1. The molecule has 0 aliphatic carbocycles. The normalized spacial score (nSPS) is 15.3. The van der Waals surface area contributed by atoms with E-state index in [2.05, 4.69) is 11.6 Å². The summed E-state index contributed by atoms with van der Waals surface area (Å²) in [5, 5.41) is 0. The maximum atomic E-state index is 12.9. The molecule has 0 atom stereocenters. The van der Waals surface area contributed by atoms with Gasteiger partial charge in [0, 0.05) is 25.2 Å². The summed E-state index contributed by atoms with van der Waals surface area (Å²) < 4.78 is 34.9. The first-order chi connectivity index (χ1) is 16.8. The number of piperidine rings is 1. The molecule has 1 saturated heterocycles. The number of ether oxygens (including phenoxy) is 1. The highest BCUT2D eigenvalue weighted by Crippen LogP contribution is 2.22. The molecular formula is C25H27N3O5S2. The molecule has 10 heteroatoms. The molecule has 0 spiro atoms. The average molecular weight is 514 g/mol. The molecular weight excluding hydrogens is 486 g/mol. The SMILES string of the molecule is C=CCn1c(=NC(=O)c2ccc(S(=O)(=O)N3CCCCC3)cc2)sc2cc(C(=O)OCC)ccc21. The molecule has 8 nitrogen and oxygen atoms in total. The van der Waals surface area contributed by atoms with Crippen molar-refractivity contribution < 1.29 is 22.7 Å². The predicted molar refractivity (Wildman–Crippen MR) is 135 cm³/mol. The number of hydrogen-bond donors (Lipinski definition) is 0. The van der Waals surface area contributed by atoms with Gasteiger partial charge in [0.15, 0.2) is 4.80 Å². The first kappa shape index (κ1) is 25.0. The molecule has 0 N–H and O–H groups in total. The molecule has 0 bridgehead atoms. The number of rotatable bonds is 7. The van der Waals surface area contributed by atoms with Crippen LogP contribution in [0.5, 0.6) is 0 Å². The number of fused-ring (bicyclic) bond motifs is 1. The Labute approximate surface area is 208 Å². The van der Waals surface area contributed by atoms with Crippen molar-refractivity contribution in [1.82, 2.24) is 8.87 Å². The highest BCUT2D eigenvalue weighted by molar-refractivity contribution is 7.89. The summed E-state index contributed by atoms with van der Waals surface area (Å²) in [5.74, 6) is -0.894. The number of amides is 1. The van der Waals surface area contributed by atoms with Gasteiger partial charge in [0.2, 0.25) is 10.0 Å². The summed E-state index contributed by atoms with van der Waals surface area (Å²) >= 11 is 1.28. The fraction of sp³-hybridized carbons (Fsp3) is 0.320. The molecule has 2 aromatic carbocycles. The number of thiazole rings is 1. The average Bonchev–Trinajstić information content (AvgIpc) is 3.21. The number of aromatic nitrogens is 1. The Kier molecular flexibility index (Phi) is 7.63. The van der Waals surface area contributed by atoms with Gasteiger partial charge in [-0.1, -0.05) is 23.8 Å². The van der Waals surface area contributed by atoms with Crippen molar-refractivity contribution in [2.45, 2.75) is 37.6 Å². The monoisotopic (exact) mass is 513 g/mol. The Morgan fingerprint density at radius 2 is 1.77 bits per heavy atom. The number of esters is 1. The molecule has 1 aliphatic heterocycles. The lowest BCUT2D eigenvalue weighted by Gasteiger charge is -2.25. The van der Waals surface area contributed by atoms with E-state index in [0.717, 1.165) is 29.5 Å². The van der Waals surface area contributed by atoms with Crippen LogP contribution in [0.15, 0.2) is 65.0 Å². The Balaban J connectivity index is 1.65. The van der Waals surface area contributed by atoms with Crippen LogP contribution < -0.4 is 4.80 Å². The summed E-state index contributed by atoms with van der Waals surface area (Å²) in [6.45, 7) is 7.28. The Bertz CT molecular complexity index is 1430. The van der Waals surface area contributed by atoms with E-state index in [1.54, 1.807) is 31.2 Å². The highest BCUT2D eigenvalue weighted by atomic mass is 32.2. The quantitative estimate of drug-likeness (QED) is 0.352. The first-order valence-corrected chi connectivity index (χ1v) is 13.7. The first-order valence-electron chi connectivity index (χ1n) is 11.5. The van der Waals surface area contributed by atoms with E-state index in [-0.39, 0.29) is 17.1 Å². The van der Waals surface area contributed by atoms with Gasteiger partial charge in [-0.05, 0) is 62.2 Å². The standard InChI is InChI=1S/C25H27N3O5S2/c1-3-14-28-21-13-10-19(24(30)33-4-2)17-22(21)34-25(28)26-23(29)18-8-11-20(12-9-18)35(31,32)27-15-6-5-7-16-27/h3,8-13,17H,1,4-7,14-16H2,2H3. The van der Waals surface area contributed by atoms with Crippen LogP contribution in [-0.2, 0) is 21.3 Å². The van der Waals surface area contributed by atoms with Crippen molar-refractivity contribution in [3.63, 3.8) is 0 Å². The van der Waals surface area contributed by atoms with Crippen LogP contribution in [0.2, 0.25) is 0 Å². The Morgan fingerprint density at radius 1 is 1.09 bits per heavy atom. The summed E-state index contributed by atoms with van der Waals surface area (Å²) in [7, 11) is -3.57. The van der Waals surface area contributed by atoms with Crippen LogP contribution >= 0.6 is 11.3 Å². The molecule has 1 aliphatic rings. The molecule has 0 saturated carbocycles. The van der Waals surface area contributed by atoms with Crippen molar-refractivity contribution in [2.24, 2.45) is 4.99 Å². The van der Waals surface area contributed by atoms with Gasteiger partial charge in [-0.2, -0.15) is 9.30 Å². The summed E-state index contributed by atoms with van der Waals surface area (Å²) in [6, 6.07) is 11.1. The van der Waals surface area contributed by atoms with E-state index >= 15 is 0 Å². The number of carbonyl (C=O) groups is 2. The molecule has 3 aromatic rings. The van der Waals surface area contributed by atoms with Crippen molar-refractivity contribution in [2.75, 3.05) is 19.7 Å². The molecule has 0 unspecified atom stereocenters. The minimum absolute atomic E-state index is 0.172. The van der Waals surface area contributed by atoms with Gasteiger partial charge < -0.3 is 9.30 Å².